The van der Waals surface area contributed by atoms with Gasteiger partial charge in [-0.1, -0.05) is 91.1 Å². The minimum atomic E-state index is -0.144. The molecule has 9 fully saturated rings. The molecule has 9 nitrogen and oxygen atoms in total. The van der Waals surface area contributed by atoms with E-state index in [-0.39, 0.29) is 36.4 Å². The van der Waals surface area contributed by atoms with E-state index in [4.69, 9.17) is 29.2 Å². The Bertz CT molecular complexity index is 3200. The van der Waals surface area contributed by atoms with Crippen LogP contribution in [0.1, 0.15) is 90.2 Å². The molecule has 9 saturated heterocycles. The summed E-state index contributed by atoms with van der Waals surface area (Å²) in [5, 5.41) is 3.51. The summed E-state index contributed by atoms with van der Waals surface area (Å²) in [6.45, 7) is 36.7. The van der Waals surface area contributed by atoms with Gasteiger partial charge in [0.05, 0.1) is 75.6 Å². The fraction of sp³-hybridized carbons (Fsp3) is 0.400. The molecule has 3 aromatic heterocycles. The van der Waals surface area contributed by atoms with Crippen LogP contribution in [0, 0.1) is 35.5 Å². The second-order valence-electron chi connectivity index (χ2n) is 26.1. The number of para-hydroxylation sites is 3. The lowest BCUT2D eigenvalue weighted by Gasteiger charge is -2.59. The van der Waals surface area contributed by atoms with Gasteiger partial charge >= 0.3 is 0 Å². The standard InChI is InChI=1S/C75H87N6O3/c1-7-37-82-73(64-25-31-76-67-22-16-13-19-61(64)67)70-43-58-28-34-79(70,49-55(58)10-4)46-52-40-53(47-80-35-29-59(56(11-5)50-80)44-71(80)74(83-38-8-2)65-26-32-77-68-23-17-14-20-62(65)68)42-54(41-52)48-81-36-30-60(57(12-6)51-81)45-72(81)75(84-39-9-3)66-27-33-78-69-24-18-15-21-63(66)69/h7-27,31-33,40-42,55-60,70-75H,1-6,28-30,34-39,43-51H2/q+3/t55?,56?,57?,58?,59?,60?,70-,71-,72+,73?,74?,75?,79?,80?,81?/m0/s1. The highest BCUT2D eigenvalue weighted by molar-refractivity contribution is 5.84. The van der Waals surface area contributed by atoms with Gasteiger partial charge in [-0.05, 0) is 89.0 Å². The lowest BCUT2D eigenvalue weighted by molar-refractivity contribution is -0.986. The van der Waals surface area contributed by atoms with Crippen LogP contribution < -0.4 is 0 Å². The second-order valence-corrected chi connectivity index (χ2v) is 26.1. The Morgan fingerprint density at radius 3 is 1.00 bits per heavy atom. The Kier molecular flexibility index (Phi) is 16.1. The Balaban J connectivity index is 0.963. The van der Waals surface area contributed by atoms with Crippen molar-refractivity contribution in [2.75, 3.05) is 59.1 Å². The van der Waals surface area contributed by atoms with Crippen LogP contribution >= 0.6 is 0 Å². The average molecular weight is 1120 g/mol. The number of quaternary nitrogens is 3. The topological polar surface area (TPSA) is 66.4 Å². The van der Waals surface area contributed by atoms with Crippen molar-refractivity contribution in [2.24, 2.45) is 35.5 Å². The van der Waals surface area contributed by atoms with Crippen molar-refractivity contribution >= 4 is 32.7 Å². The number of ether oxygens (including phenoxy) is 3. The van der Waals surface area contributed by atoms with Gasteiger partial charge in [0.1, 0.15) is 56.1 Å². The van der Waals surface area contributed by atoms with E-state index in [2.05, 4.69) is 167 Å². The van der Waals surface area contributed by atoms with E-state index in [0.717, 1.165) is 108 Å². The van der Waals surface area contributed by atoms with Crippen LogP contribution in [0.25, 0.3) is 32.7 Å². The fourth-order valence-corrected chi connectivity index (χ4v) is 18.1. The molecule has 0 saturated carbocycles. The summed E-state index contributed by atoms with van der Waals surface area (Å²) in [4.78, 5) is 14.6. The lowest BCUT2D eigenvalue weighted by Crippen LogP contribution is -2.68. The molecular weight excluding hydrogens is 1030 g/mol. The summed E-state index contributed by atoms with van der Waals surface area (Å²) >= 11 is 0. The van der Waals surface area contributed by atoms with Gasteiger partial charge in [-0.2, -0.15) is 0 Å². The number of aromatic nitrogens is 3. The molecule has 432 valence electrons. The Morgan fingerprint density at radius 2 is 0.714 bits per heavy atom. The Labute approximate surface area is 499 Å². The van der Waals surface area contributed by atoms with Crippen molar-refractivity contribution in [1.82, 2.24) is 15.0 Å². The van der Waals surface area contributed by atoms with Crippen LogP contribution in [0.3, 0.4) is 0 Å². The molecule has 4 aromatic carbocycles. The van der Waals surface area contributed by atoms with Gasteiger partial charge in [0, 0.05) is 108 Å². The third kappa shape index (κ3) is 10.4. The molecule has 12 heterocycles. The Hall–Kier alpha value is -6.69. The van der Waals surface area contributed by atoms with Crippen LogP contribution in [0.4, 0.5) is 0 Å². The number of fused-ring (bicyclic) bond motifs is 12. The van der Waals surface area contributed by atoms with Crippen molar-refractivity contribution in [2.45, 2.75) is 94.6 Å². The van der Waals surface area contributed by atoms with Gasteiger partial charge in [0.15, 0.2) is 0 Å². The highest BCUT2D eigenvalue weighted by Gasteiger charge is 2.58. The van der Waals surface area contributed by atoms with E-state index in [0.29, 0.717) is 55.3 Å². The maximum absolute atomic E-state index is 7.16. The van der Waals surface area contributed by atoms with Crippen LogP contribution in [0.2, 0.25) is 0 Å². The molecule has 0 N–H and O–H groups in total. The number of piperidine rings is 9. The second kappa shape index (κ2) is 24.0. The zero-order valence-corrected chi connectivity index (χ0v) is 49.4. The number of hydrogen-bond acceptors (Lipinski definition) is 6. The molecule has 9 aliphatic rings. The van der Waals surface area contributed by atoms with Crippen molar-refractivity contribution in [3.63, 3.8) is 0 Å². The first-order valence-corrected chi connectivity index (χ1v) is 31.5. The summed E-state index contributed by atoms with van der Waals surface area (Å²) in [6.07, 6.45) is 24.9. The first-order valence-electron chi connectivity index (χ1n) is 31.5. The molecule has 0 aliphatic carbocycles. The molecule has 0 radical (unpaired) electrons. The highest BCUT2D eigenvalue weighted by atomic mass is 16.5. The summed E-state index contributed by atoms with van der Waals surface area (Å²) in [7, 11) is 0. The van der Waals surface area contributed by atoms with Crippen LogP contribution in [0.5, 0.6) is 0 Å². The normalized spacial score (nSPS) is 30.6. The molecular formula is C75H87N6O3+3. The number of nitrogens with zero attached hydrogens (tertiary/aromatic N) is 6. The molecule has 15 atom stereocenters. The van der Waals surface area contributed by atoms with E-state index in [9.17, 15) is 0 Å². The molecule has 9 heteroatoms. The predicted molar refractivity (Wildman–Crippen MR) is 340 cm³/mol. The zero-order chi connectivity index (χ0) is 57.4. The third-order valence-electron chi connectivity index (χ3n) is 21.8. The summed E-state index contributed by atoms with van der Waals surface area (Å²) in [5.41, 5.74) is 11.0. The van der Waals surface area contributed by atoms with Gasteiger partial charge in [-0.3, -0.25) is 15.0 Å². The zero-order valence-electron chi connectivity index (χ0n) is 49.4. The summed E-state index contributed by atoms with van der Waals surface area (Å²) in [6, 6.07) is 41.1. The van der Waals surface area contributed by atoms with Crippen LogP contribution in [-0.4, -0.2) is 106 Å². The van der Waals surface area contributed by atoms with Crippen LogP contribution in [0.15, 0.2) is 204 Å². The SMILES string of the molecule is C=CCOC(c1ccnc2ccccc12)[C@H]1CC2CC[N+]1(Cc1cc(C[N+]34CCC(C[C@H]3C(OCC=C)c3ccnc5ccccc35)C(C=C)C4)cc(C[N+]34CCC(C[C@H]3C(OCC=C)c3ccnc5ccccc35)C(C=C)C4)c1)CC2C=C. The molecule has 0 spiro atoms. The van der Waals surface area contributed by atoms with E-state index < -0.39 is 0 Å². The van der Waals surface area contributed by atoms with Crippen LogP contribution in [-0.2, 0) is 33.8 Å². The quantitative estimate of drug-likeness (QED) is 0.0444. The summed E-state index contributed by atoms with van der Waals surface area (Å²) < 4.78 is 24.3. The molecule has 12 unspecified atom stereocenters. The minimum absolute atomic E-state index is 0.144. The van der Waals surface area contributed by atoms with E-state index >= 15 is 0 Å². The maximum atomic E-state index is 7.16. The molecule has 9 aliphatic heterocycles. The number of benzene rings is 4. The van der Waals surface area contributed by atoms with Crippen molar-refractivity contribution in [1.29, 1.82) is 0 Å². The largest absolute Gasteiger partial charge is 0.363 e. The van der Waals surface area contributed by atoms with E-state index in [1.165, 1.54) is 68.8 Å². The fourth-order valence-electron chi connectivity index (χ4n) is 18.1. The maximum Gasteiger partial charge on any atom is 0.135 e. The molecule has 6 bridgehead atoms. The minimum Gasteiger partial charge on any atom is -0.363 e. The van der Waals surface area contributed by atoms with Gasteiger partial charge in [-0.15, -0.1) is 39.5 Å². The Morgan fingerprint density at radius 1 is 0.417 bits per heavy atom. The van der Waals surface area contributed by atoms with Gasteiger partial charge in [-0.25, -0.2) is 0 Å². The number of rotatable bonds is 24. The van der Waals surface area contributed by atoms with E-state index in [1.54, 1.807) is 0 Å². The first kappa shape index (κ1) is 56.4. The average Bonchev–Trinajstić information content (AvgIpc) is 2.16. The number of hydrogen-bond donors (Lipinski definition) is 0. The molecule has 16 rings (SSSR count). The molecule has 84 heavy (non-hydrogen) atoms. The molecule has 0 amide bonds. The first-order chi connectivity index (χ1) is 41.2. The van der Waals surface area contributed by atoms with Crippen molar-refractivity contribution in [3.05, 3.63) is 237 Å². The number of pyridine rings is 3. The monoisotopic (exact) mass is 1120 g/mol. The van der Waals surface area contributed by atoms with Gasteiger partial charge in [0.2, 0.25) is 0 Å². The predicted octanol–water partition coefficient (Wildman–Crippen LogP) is 14.9. The highest BCUT2D eigenvalue weighted by Crippen LogP contribution is 2.53. The van der Waals surface area contributed by atoms with Crippen molar-refractivity contribution < 1.29 is 27.7 Å². The third-order valence-corrected chi connectivity index (χ3v) is 21.8. The van der Waals surface area contributed by atoms with Gasteiger partial charge in [0.25, 0.3) is 0 Å². The van der Waals surface area contributed by atoms with Crippen molar-refractivity contribution in [3.8, 4) is 0 Å². The molecule has 7 aromatic rings. The lowest BCUT2D eigenvalue weighted by atomic mass is 9.70. The van der Waals surface area contributed by atoms with Gasteiger partial charge < -0.3 is 27.7 Å². The van der Waals surface area contributed by atoms with E-state index in [1.807, 2.05) is 36.8 Å². The smallest absolute Gasteiger partial charge is 0.135 e. The summed E-state index contributed by atoms with van der Waals surface area (Å²) in [5.74, 6) is 2.94.